The zero-order chi connectivity index (χ0) is 10.6. The maximum Gasteiger partial charge on any atom is 0.307 e. The molecular formula is C12H14O2. The first kappa shape index (κ1) is 10.5. The minimum atomic E-state index is -0.790. The predicted molar refractivity (Wildman–Crippen MR) is 57.1 cm³/mol. The molecule has 0 spiro atoms. The summed E-state index contributed by atoms with van der Waals surface area (Å²) in [5, 5.41) is 8.73. The molecule has 0 unspecified atom stereocenters. The van der Waals surface area contributed by atoms with Crippen LogP contribution in [0, 0.1) is 6.92 Å². The molecule has 0 amide bonds. The van der Waals surface area contributed by atoms with E-state index in [2.05, 4.69) is 0 Å². The van der Waals surface area contributed by atoms with Crippen molar-refractivity contribution in [3.63, 3.8) is 0 Å². The van der Waals surface area contributed by atoms with Gasteiger partial charge in [0.25, 0.3) is 0 Å². The maximum atomic E-state index is 10.6. The van der Waals surface area contributed by atoms with E-state index in [0.717, 1.165) is 16.7 Å². The maximum absolute atomic E-state index is 10.6. The lowest BCUT2D eigenvalue weighted by Gasteiger charge is -2.07. The molecule has 1 rings (SSSR count). The Morgan fingerprint density at radius 1 is 1.43 bits per heavy atom. The third kappa shape index (κ3) is 2.46. The molecule has 1 aromatic rings. The monoisotopic (exact) mass is 190 g/mol. The summed E-state index contributed by atoms with van der Waals surface area (Å²) in [5.41, 5.74) is 3.01. The minimum absolute atomic E-state index is 0.0847. The molecule has 0 aliphatic heterocycles. The number of carboxylic acid groups (broad SMARTS) is 1. The summed E-state index contributed by atoms with van der Waals surface area (Å²) in [6, 6.07) is 7.81. The van der Waals surface area contributed by atoms with E-state index in [1.165, 1.54) is 0 Å². The molecule has 0 saturated heterocycles. The Kier molecular flexibility index (Phi) is 3.46. The lowest BCUT2D eigenvalue weighted by molar-refractivity contribution is -0.135. The molecular weight excluding hydrogens is 176 g/mol. The topological polar surface area (TPSA) is 37.3 Å². The normalized spacial score (nSPS) is 11.4. The average Bonchev–Trinajstić information content (AvgIpc) is 2.15. The molecule has 0 radical (unpaired) electrons. The molecule has 74 valence electrons. The zero-order valence-electron chi connectivity index (χ0n) is 8.45. The van der Waals surface area contributed by atoms with Crippen molar-refractivity contribution in [1.29, 1.82) is 0 Å². The van der Waals surface area contributed by atoms with E-state index in [4.69, 9.17) is 5.11 Å². The lowest BCUT2D eigenvalue weighted by atomic mass is 9.98. The molecule has 0 aliphatic rings. The Morgan fingerprint density at radius 2 is 2.07 bits per heavy atom. The van der Waals surface area contributed by atoms with Crippen molar-refractivity contribution in [3.8, 4) is 0 Å². The van der Waals surface area contributed by atoms with Crippen LogP contribution in [0.15, 0.2) is 30.3 Å². The van der Waals surface area contributed by atoms with Crippen LogP contribution in [0.4, 0.5) is 0 Å². The molecule has 0 bridgehead atoms. The van der Waals surface area contributed by atoms with Crippen LogP contribution in [0.1, 0.15) is 24.5 Å². The van der Waals surface area contributed by atoms with E-state index in [0.29, 0.717) is 0 Å². The fourth-order valence-electron chi connectivity index (χ4n) is 1.45. The van der Waals surface area contributed by atoms with Crippen LogP contribution in [0.2, 0.25) is 0 Å². The summed E-state index contributed by atoms with van der Waals surface area (Å²) in [7, 11) is 0. The van der Waals surface area contributed by atoms with Gasteiger partial charge in [-0.05, 0) is 30.5 Å². The molecule has 2 nitrogen and oxygen atoms in total. The standard InChI is InChI=1S/C12H14O2/c1-3-10(8-12(13)14)11-7-5-4-6-9(11)2/h3-7H,8H2,1-2H3,(H,13,14)/b10-3-. The highest BCUT2D eigenvalue weighted by atomic mass is 16.4. The van der Waals surface area contributed by atoms with Crippen molar-refractivity contribution >= 4 is 11.5 Å². The van der Waals surface area contributed by atoms with Crippen molar-refractivity contribution in [3.05, 3.63) is 41.5 Å². The predicted octanol–water partition coefficient (Wildman–Crippen LogP) is 2.87. The zero-order valence-corrected chi connectivity index (χ0v) is 8.45. The van der Waals surface area contributed by atoms with Gasteiger partial charge in [0.1, 0.15) is 0 Å². The van der Waals surface area contributed by atoms with Gasteiger partial charge in [-0.1, -0.05) is 30.3 Å². The van der Waals surface area contributed by atoms with Crippen molar-refractivity contribution in [2.24, 2.45) is 0 Å². The second-order valence-electron chi connectivity index (χ2n) is 3.20. The van der Waals surface area contributed by atoms with Crippen molar-refractivity contribution < 1.29 is 9.90 Å². The van der Waals surface area contributed by atoms with Crippen molar-refractivity contribution in [2.45, 2.75) is 20.3 Å². The van der Waals surface area contributed by atoms with Crippen LogP contribution in [0.5, 0.6) is 0 Å². The van der Waals surface area contributed by atoms with E-state index in [-0.39, 0.29) is 6.42 Å². The molecule has 0 saturated carbocycles. The fraction of sp³-hybridized carbons (Fsp3) is 0.250. The van der Waals surface area contributed by atoms with Crippen LogP contribution in [-0.2, 0) is 4.79 Å². The summed E-state index contributed by atoms with van der Waals surface area (Å²) in [6.07, 6.45) is 1.94. The van der Waals surface area contributed by atoms with Gasteiger partial charge in [-0.25, -0.2) is 0 Å². The molecule has 0 heterocycles. The Labute approximate surface area is 83.9 Å². The molecule has 2 heteroatoms. The Hall–Kier alpha value is -1.57. The fourth-order valence-corrected chi connectivity index (χ4v) is 1.45. The highest BCUT2D eigenvalue weighted by Gasteiger charge is 2.07. The average molecular weight is 190 g/mol. The molecule has 1 aromatic carbocycles. The van der Waals surface area contributed by atoms with E-state index < -0.39 is 5.97 Å². The minimum Gasteiger partial charge on any atom is -0.481 e. The summed E-state index contributed by atoms with van der Waals surface area (Å²) in [4.78, 5) is 10.6. The van der Waals surface area contributed by atoms with Gasteiger partial charge in [0.05, 0.1) is 6.42 Å². The molecule has 14 heavy (non-hydrogen) atoms. The first-order valence-electron chi connectivity index (χ1n) is 4.58. The van der Waals surface area contributed by atoms with Gasteiger partial charge in [-0.15, -0.1) is 0 Å². The summed E-state index contributed by atoms with van der Waals surface area (Å²) < 4.78 is 0. The van der Waals surface area contributed by atoms with Gasteiger partial charge in [0.15, 0.2) is 0 Å². The number of carboxylic acids is 1. The number of rotatable bonds is 3. The summed E-state index contributed by atoms with van der Waals surface area (Å²) in [6.45, 7) is 3.85. The molecule has 0 fully saturated rings. The van der Waals surface area contributed by atoms with Gasteiger partial charge >= 0.3 is 5.97 Å². The van der Waals surface area contributed by atoms with E-state index in [1.807, 2.05) is 44.2 Å². The smallest absolute Gasteiger partial charge is 0.307 e. The number of benzene rings is 1. The van der Waals surface area contributed by atoms with Gasteiger partial charge in [-0.3, -0.25) is 4.79 Å². The third-order valence-electron chi connectivity index (χ3n) is 2.18. The number of aryl methyl sites for hydroxylation is 1. The first-order chi connectivity index (χ1) is 6.65. The highest BCUT2D eigenvalue weighted by Crippen LogP contribution is 2.21. The Balaban J connectivity index is 3.02. The Bertz CT molecular complexity index is 364. The van der Waals surface area contributed by atoms with Gasteiger partial charge in [0.2, 0.25) is 0 Å². The van der Waals surface area contributed by atoms with Crippen LogP contribution in [0.3, 0.4) is 0 Å². The molecule has 1 N–H and O–H groups in total. The van der Waals surface area contributed by atoms with E-state index in [1.54, 1.807) is 0 Å². The second kappa shape index (κ2) is 4.61. The SMILES string of the molecule is C/C=C(/CC(=O)O)c1ccccc1C. The summed E-state index contributed by atoms with van der Waals surface area (Å²) in [5.74, 6) is -0.790. The molecule has 0 aromatic heterocycles. The molecule has 0 atom stereocenters. The highest BCUT2D eigenvalue weighted by molar-refractivity contribution is 5.84. The number of carbonyl (C=O) groups is 1. The second-order valence-corrected chi connectivity index (χ2v) is 3.20. The van der Waals surface area contributed by atoms with E-state index in [9.17, 15) is 4.79 Å². The third-order valence-corrected chi connectivity index (χ3v) is 2.18. The van der Waals surface area contributed by atoms with Crippen LogP contribution in [0.25, 0.3) is 5.57 Å². The Morgan fingerprint density at radius 3 is 2.57 bits per heavy atom. The number of hydrogen-bond acceptors (Lipinski definition) is 1. The molecule has 0 aliphatic carbocycles. The van der Waals surface area contributed by atoms with Gasteiger partial charge in [-0.2, -0.15) is 0 Å². The lowest BCUT2D eigenvalue weighted by Crippen LogP contribution is -1.98. The van der Waals surface area contributed by atoms with Gasteiger partial charge in [0, 0.05) is 0 Å². The summed E-state index contributed by atoms with van der Waals surface area (Å²) >= 11 is 0. The largest absolute Gasteiger partial charge is 0.481 e. The van der Waals surface area contributed by atoms with Crippen molar-refractivity contribution in [2.75, 3.05) is 0 Å². The van der Waals surface area contributed by atoms with Gasteiger partial charge < -0.3 is 5.11 Å². The van der Waals surface area contributed by atoms with Crippen LogP contribution >= 0.6 is 0 Å². The number of hydrogen-bond donors (Lipinski definition) is 1. The van der Waals surface area contributed by atoms with Crippen LogP contribution in [-0.4, -0.2) is 11.1 Å². The quantitative estimate of drug-likeness (QED) is 0.795. The number of allylic oxidation sites excluding steroid dienone is 1. The first-order valence-corrected chi connectivity index (χ1v) is 4.58. The van der Waals surface area contributed by atoms with Crippen LogP contribution < -0.4 is 0 Å². The van der Waals surface area contributed by atoms with E-state index >= 15 is 0 Å². The van der Waals surface area contributed by atoms with Crippen molar-refractivity contribution in [1.82, 2.24) is 0 Å². The number of aliphatic carboxylic acids is 1.